The van der Waals surface area contributed by atoms with Crippen LogP contribution in [0.4, 0.5) is 5.69 Å². The van der Waals surface area contributed by atoms with Crippen molar-refractivity contribution in [1.29, 1.82) is 0 Å². The van der Waals surface area contributed by atoms with E-state index in [-0.39, 0.29) is 5.91 Å². The van der Waals surface area contributed by atoms with Crippen molar-refractivity contribution in [1.82, 2.24) is 0 Å². The molecule has 0 heterocycles. The standard InChI is InChI=1S/C18H21NO3/c1-12-9-13(2)11-17(10-12)22-14(3)18(20)19-15-5-7-16(21-4)8-6-15/h5-11,14H,1-4H3,(H,19,20). The van der Waals surface area contributed by atoms with Crippen LogP contribution in [-0.2, 0) is 4.79 Å². The number of hydrogen-bond donors (Lipinski definition) is 1. The van der Waals surface area contributed by atoms with Crippen molar-refractivity contribution < 1.29 is 14.3 Å². The van der Waals surface area contributed by atoms with Crippen LogP contribution in [0.15, 0.2) is 42.5 Å². The molecule has 0 fully saturated rings. The highest BCUT2D eigenvalue weighted by Crippen LogP contribution is 2.19. The Morgan fingerprint density at radius 2 is 1.59 bits per heavy atom. The van der Waals surface area contributed by atoms with Crippen molar-refractivity contribution in [3.8, 4) is 11.5 Å². The molecule has 1 N–H and O–H groups in total. The second kappa shape index (κ2) is 6.98. The molecule has 0 spiro atoms. The quantitative estimate of drug-likeness (QED) is 0.915. The van der Waals surface area contributed by atoms with E-state index in [1.807, 2.05) is 26.0 Å². The SMILES string of the molecule is COc1ccc(NC(=O)C(C)Oc2cc(C)cc(C)c2)cc1. The van der Waals surface area contributed by atoms with E-state index in [1.165, 1.54) is 0 Å². The highest BCUT2D eigenvalue weighted by Gasteiger charge is 2.15. The molecule has 0 aromatic heterocycles. The summed E-state index contributed by atoms with van der Waals surface area (Å²) in [6.45, 7) is 5.74. The third kappa shape index (κ3) is 4.25. The van der Waals surface area contributed by atoms with E-state index in [1.54, 1.807) is 38.3 Å². The molecule has 1 amide bonds. The highest BCUT2D eigenvalue weighted by molar-refractivity contribution is 5.94. The van der Waals surface area contributed by atoms with Gasteiger partial charge in [-0.05, 0) is 68.3 Å². The monoisotopic (exact) mass is 299 g/mol. The van der Waals surface area contributed by atoms with E-state index < -0.39 is 6.10 Å². The van der Waals surface area contributed by atoms with Crippen molar-refractivity contribution >= 4 is 11.6 Å². The number of amides is 1. The van der Waals surface area contributed by atoms with Gasteiger partial charge >= 0.3 is 0 Å². The summed E-state index contributed by atoms with van der Waals surface area (Å²) in [4.78, 5) is 12.2. The summed E-state index contributed by atoms with van der Waals surface area (Å²) in [6.07, 6.45) is -0.580. The zero-order chi connectivity index (χ0) is 16.1. The van der Waals surface area contributed by atoms with E-state index in [0.717, 1.165) is 16.9 Å². The summed E-state index contributed by atoms with van der Waals surface area (Å²) in [6, 6.07) is 13.1. The number of rotatable bonds is 5. The number of nitrogens with one attached hydrogen (secondary N) is 1. The summed E-state index contributed by atoms with van der Waals surface area (Å²) in [5, 5.41) is 2.82. The lowest BCUT2D eigenvalue weighted by Crippen LogP contribution is -2.30. The fourth-order valence-corrected chi connectivity index (χ4v) is 2.18. The second-order valence-electron chi connectivity index (χ2n) is 5.30. The number of benzene rings is 2. The molecule has 0 saturated carbocycles. The lowest BCUT2D eigenvalue weighted by Gasteiger charge is -2.15. The van der Waals surface area contributed by atoms with Crippen LogP contribution in [0.5, 0.6) is 11.5 Å². The Morgan fingerprint density at radius 3 is 2.14 bits per heavy atom. The molecule has 2 aromatic carbocycles. The van der Waals surface area contributed by atoms with Crippen LogP contribution in [0.2, 0.25) is 0 Å². The largest absolute Gasteiger partial charge is 0.497 e. The van der Waals surface area contributed by atoms with Crippen LogP contribution in [0.3, 0.4) is 0 Å². The Hall–Kier alpha value is -2.49. The van der Waals surface area contributed by atoms with Crippen LogP contribution in [0.1, 0.15) is 18.1 Å². The van der Waals surface area contributed by atoms with E-state index in [4.69, 9.17) is 9.47 Å². The van der Waals surface area contributed by atoms with Crippen molar-refractivity contribution in [2.24, 2.45) is 0 Å². The van der Waals surface area contributed by atoms with Gasteiger partial charge in [-0.2, -0.15) is 0 Å². The van der Waals surface area contributed by atoms with Crippen molar-refractivity contribution in [2.75, 3.05) is 12.4 Å². The van der Waals surface area contributed by atoms with Gasteiger partial charge in [-0.15, -0.1) is 0 Å². The van der Waals surface area contributed by atoms with Crippen molar-refractivity contribution in [3.63, 3.8) is 0 Å². The van der Waals surface area contributed by atoms with Gasteiger partial charge in [-0.25, -0.2) is 0 Å². The maximum absolute atomic E-state index is 12.2. The maximum Gasteiger partial charge on any atom is 0.265 e. The smallest absolute Gasteiger partial charge is 0.265 e. The van der Waals surface area contributed by atoms with Gasteiger partial charge in [0.25, 0.3) is 5.91 Å². The first-order valence-electron chi connectivity index (χ1n) is 7.18. The van der Waals surface area contributed by atoms with Gasteiger partial charge in [0.2, 0.25) is 0 Å². The minimum absolute atomic E-state index is 0.190. The van der Waals surface area contributed by atoms with E-state index in [2.05, 4.69) is 11.4 Å². The molecule has 22 heavy (non-hydrogen) atoms. The van der Waals surface area contributed by atoms with Crippen LogP contribution in [-0.4, -0.2) is 19.1 Å². The molecule has 2 rings (SSSR count). The number of methoxy groups -OCH3 is 1. The molecule has 1 unspecified atom stereocenters. The summed E-state index contributed by atoms with van der Waals surface area (Å²) in [7, 11) is 1.60. The second-order valence-corrected chi connectivity index (χ2v) is 5.30. The minimum atomic E-state index is -0.580. The summed E-state index contributed by atoms with van der Waals surface area (Å²) < 4.78 is 10.8. The zero-order valence-electron chi connectivity index (χ0n) is 13.3. The van der Waals surface area contributed by atoms with Gasteiger partial charge in [0.15, 0.2) is 6.10 Å². The maximum atomic E-state index is 12.2. The van der Waals surface area contributed by atoms with Gasteiger partial charge in [0.1, 0.15) is 11.5 Å². The van der Waals surface area contributed by atoms with Crippen LogP contribution in [0.25, 0.3) is 0 Å². The fourth-order valence-electron chi connectivity index (χ4n) is 2.18. The summed E-state index contributed by atoms with van der Waals surface area (Å²) >= 11 is 0. The van der Waals surface area contributed by atoms with Crippen LogP contribution in [0, 0.1) is 13.8 Å². The highest BCUT2D eigenvalue weighted by atomic mass is 16.5. The first kappa shape index (κ1) is 15.9. The predicted molar refractivity (Wildman–Crippen MR) is 87.6 cm³/mol. The Bertz CT molecular complexity index is 630. The molecule has 1 atom stereocenters. The number of hydrogen-bond acceptors (Lipinski definition) is 3. The zero-order valence-corrected chi connectivity index (χ0v) is 13.3. The molecule has 0 aliphatic rings. The molecular formula is C18H21NO3. The third-order valence-corrected chi connectivity index (χ3v) is 3.23. The van der Waals surface area contributed by atoms with Crippen molar-refractivity contribution in [3.05, 3.63) is 53.6 Å². The normalized spacial score (nSPS) is 11.6. The van der Waals surface area contributed by atoms with Crippen LogP contribution < -0.4 is 14.8 Å². The van der Waals surface area contributed by atoms with Gasteiger partial charge in [-0.1, -0.05) is 6.07 Å². The van der Waals surface area contributed by atoms with E-state index >= 15 is 0 Å². The number of anilines is 1. The lowest BCUT2D eigenvalue weighted by atomic mass is 10.1. The van der Waals surface area contributed by atoms with Gasteiger partial charge in [-0.3, -0.25) is 4.79 Å². The number of carbonyl (C=O) groups excluding carboxylic acids is 1. The molecule has 4 heteroatoms. The molecule has 0 bridgehead atoms. The Kier molecular flexibility index (Phi) is 5.04. The fraction of sp³-hybridized carbons (Fsp3) is 0.278. The van der Waals surface area contributed by atoms with Gasteiger partial charge < -0.3 is 14.8 Å². The Morgan fingerprint density at radius 1 is 1.00 bits per heavy atom. The number of ether oxygens (including phenoxy) is 2. The average molecular weight is 299 g/mol. The average Bonchev–Trinajstić information content (AvgIpc) is 2.46. The summed E-state index contributed by atoms with van der Waals surface area (Å²) in [5.41, 5.74) is 2.93. The molecule has 0 aliphatic heterocycles. The summed E-state index contributed by atoms with van der Waals surface area (Å²) in [5.74, 6) is 1.26. The Labute approximate surface area is 131 Å². The predicted octanol–water partition coefficient (Wildman–Crippen LogP) is 3.72. The topological polar surface area (TPSA) is 47.6 Å². The van der Waals surface area contributed by atoms with Gasteiger partial charge in [0.05, 0.1) is 7.11 Å². The Balaban J connectivity index is 1.99. The third-order valence-electron chi connectivity index (χ3n) is 3.23. The lowest BCUT2D eigenvalue weighted by molar-refractivity contribution is -0.122. The van der Waals surface area contributed by atoms with Crippen molar-refractivity contribution in [2.45, 2.75) is 26.9 Å². The molecular weight excluding hydrogens is 278 g/mol. The van der Waals surface area contributed by atoms with E-state index in [0.29, 0.717) is 11.4 Å². The van der Waals surface area contributed by atoms with Crippen LogP contribution >= 0.6 is 0 Å². The molecule has 116 valence electrons. The molecule has 0 saturated heterocycles. The van der Waals surface area contributed by atoms with E-state index in [9.17, 15) is 4.79 Å². The first-order valence-corrected chi connectivity index (χ1v) is 7.18. The molecule has 2 aromatic rings. The number of aryl methyl sites for hydroxylation is 2. The molecule has 0 aliphatic carbocycles. The molecule has 4 nitrogen and oxygen atoms in total. The minimum Gasteiger partial charge on any atom is -0.497 e. The molecule has 0 radical (unpaired) electrons. The number of carbonyl (C=O) groups is 1. The van der Waals surface area contributed by atoms with Gasteiger partial charge in [0, 0.05) is 5.69 Å². The first-order chi connectivity index (χ1) is 10.5.